The highest BCUT2D eigenvalue weighted by molar-refractivity contribution is 5.91. The number of hydrogen-bond donors (Lipinski definition) is 1. The minimum atomic E-state index is -0.589. The number of amides is 1. The molecule has 0 aliphatic heterocycles. The van der Waals surface area contributed by atoms with E-state index in [1.165, 1.54) is 18.5 Å². The summed E-state index contributed by atoms with van der Waals surface area (Å²) in [7, 11) is 0. The molecule has 0 bridgehead atoms. The van der Waals surface area contributed by atoms with Crippen LogP contribution >= 0.6 is 0 Å². The van der Waals surface area contributed by atoms with Crippen LogP contribution in [0.15, 0.2) is 61.2 Å². The SMILES string of the molecule is O=C(COC(=O)c1ccc(-n2cncn2)cc1)NCCc1ccc(F)cc1. The second-order valence-corrected chi connectivity index (χ2v) is 5.69. The molecule has 27 heavy (non-hydrogen) atoms. The lowest BCUT2D eigenvalue weighted by Gasteiger charge is -2.07. The fourth-order valence-corrected chi connectivity index (χ4v) is 2.35. The fourth-order valence-electron chi connectivity index (χ4n) is 2.35. The van der Waals surface area contributed by atoms with E-state index in [4.69, 9.17) is 4.74 Å². The van der Waals surface area contributed by atoms with Gasteiger partial charge in [0.05, 0.1) is 11.3 Å². The quantitative estimate of drug-likeness (QED) is 0.644. The topological polar surface area (TPSA) is 86.1 Å². The summed E-state index contributed by atoms with van der Waals surface area (Å²) in [4.78, 5) is 27.6. The second kappa shape index (κ2) is 8.70. The third-order valence-corrected chi connectivity index (χ3v) is 3.77. The van der Waals surface area contributed by atoms with Crippen LogP contribution in [0.3, 0.4) is 0 Å². The highest BCUT2D eigenvalue weighted by atomic mass is 19.1. The molecule has 1 heterocycles. The molecule has 138 valence electrons. The number of halogens is 1. The molecule has 0 spiro atoms. The number of hydrogen-bond acceptors (Lipinski definition) is 5. The molecule has 1 amide bonds. The lowest BCUT2D eigenvalue weighted by atomic mass is 10.1. The molecule has 0 atom stereocenters. The van der Waals surface area contributed by atoms with E-state index < -0.39 is 11.9 Å². The molecule has 0 aliphatic carbocycles. The van der Waals surface area contributed by atoms with Crippen molar-refractivity contribution in [2.45, 2.75) is 6.42 Å². The van der Waals surface area contributed by atoms with Crippen LogP contribution in [-0.2, 0) is 16.0 Å². The smallest absolute Gasteiger partial charge is 0.338 e. The Morgan fingerprint density at radius 2 is 1.81 bits per heavy atom. The predicted octanol–water partition coefficient (Wildman–Crippen LogP) is 1.92. The molecule has 7 nitrogen and oxygen atoms in total. The molecule has 0 saturated heterocycles. The van der Waals surface area contributed by atoms with Gasteiger partial charge in [0, 0.05) is 6.54 Å². The van der Waals surface area contributed by atoms with Crippen molar-refractivity contribution in [2.75, 3.05) is 13.2 Å². The fraction of sp³-hybridized carbons (Fsp3) is 0.158. The number of aromatic nitrogens is 3. The minimum Gasteiger partial charge on any atom is -0.452 e. The summed E-state index contributed by atoms with van der Waals surface area (Å²) in [6.07, 6.45) is 3.52. The Morgan fingerprint density at radius 3 is 2.48 bits per heavy atom. The van der Waals surface area contributed by atoms with Crippen molar-refractivity contribution in [2.24, 2.45) is 0 Å². The van der Waals surface area contributed by atoms with E-state index in [9.17, 15) is 14.0 Å². The van der Waals surface area contributed by atoms with E-state index in [0.717, 1.165) is 11.3 Å². The van der Waals surface area contributed by atoms with Gasteiger partial charge in [-0.2, -0.15) is 5.10 Å². The van der Waals surface area contributed by atoms with Crippen LogP contribution in [0.4, 0.5) is 4.39 Å². The Bertz CT molecular complexity index is 894. The van der Waals surface area contributed by atoms with E-state index in [-0.39, 0.29) is 12.4 Å². The van der Waals surface area contributed by atoms with Gasteiger partial charge in [0.1, 0.15) is 18.5 Å². The van der Waals surface area contributed by atoms with Gasteiger partial charge in [-0.25, -0.2) is 18.9 Å². The minimum absolute atomic E-state index is 0.302. The number of esters is 1. The number of ether oxygens (including phenoxy) is 1. The number of nitrogens with one attached hydrogen (secondary N) is 1. The summed E-state index contributed by atoms with van der Waals surface area (Å²) >= 11 is 0. The van der Waals surface area contributed by atoms with E-state index >= 15 is 0 Å². The van der Waals surface area contributed by atoms with Crippen LogP contribution in [0.25, 0.3) is 5.69 Å². The number of carbonyl (C=O) groups excluding carboxylic acids is 2. The molecule has 0 radical (unpaired) electrons. The Balaban J connectivity index is 1.41. The van der Waals surface area contributed by atoms with Gasteiger partial charge in [0.15, 0.2) is 6.61 Å². The molecule has 3 aromatic rings. The number of benzene rings is 2. The van der Waals surface area contributed by atoms with Gasteiger partial charge in [-0.05, 0) is 48.4 Å². The van der Waals surface area contributed by atoms with Gasteiger partial charge in [-0.3, -0.25) is 4.79 Å². The summed E-state index contributed by atoms with van der Waals surface area (Å²) < 4.78 is 19.4. The van der Waals surface area contributed by atoms with Gasteiger partial charge >= 0.3 is 5.97 Å². The summed E-state index contributed by atoms with van der Waals surface area (Å²) in [5.74, 6) is -1.29. The highest BCUT2D eigenvalue weighted by Gasteiger charge is 2.10. The zero-order chi connectivity index (χ0) is 19.1. The molecule has 0 unspecified atom stereocenters. The number of carbonyl (C=O) groups is 2. The molecule has 8 heteroatoms. The summed E-state index contributed by atoms with van der Waals surface area (Å²) in [6.45, 7) is 0.00168. The van der Waals surface area contributed by atoms with E-state index in [0.29, 0.717) is 18.5 Å². The zero-order valence-corrected chi connectivity index (χ0v) is 14.3. The molecule has 3 rings (SSSR count). The Kier molecular flexibility index (Phi) is 5.88. The van der Waals surface area contributed by atoms with Crippen molar-refractivity contribution < 1.29 is 18.7 Å². The Labute approximate surface area is 154 Å². The van der Waals surface area contributed by atoms with E-state index in [1.54, 1.807) is 47.4 Å². The number of rotatable bonds is 7. The summed E-state index contributed by atoms with van der Waals surface area (Å²) in [6, 6.07) is 12.6. The molecular weight excluding hydrogens is 351 g/mol. The first-order valence-electron chi connectivity index (χ1n) is 8.25. The number of nitrogens with zero attached hydrogens (tertiary/aromatic N) is 3. The molecule has 0 aliphatic rings. The van der Waals surface area contributed by atoms with E-state index in [1.807, 2.05) is 0 Å². The maximum absolute atomic E-state index is 12.8. The summed E-state index contributed by atoms with van der Waals surface area (Å²) in [5.41, 5.74) is 1.99. The maximum atomic E-state index is 12.8. The van der Waals surface area contributed by atoms with Crippen LogP contribution in [0.1, 0.15) is 15.9 Å². The van der Waals surface area contributed by atoms with Crippen molar-refractivity contribution in [1.29, 1.82) is 0 Å². The summed E-state index contributed by atoms with van der Waals surface area (Å²) in [5, 5.41) is 6.64. The van der Waals surface area contributed by atoms with Gasteiger partial charge in [0.2, 0.25) is 0 Å². The van der Waals surface area contributed by atoms with Crippen molar-refractivity contribution >= 4 is 11.9 Å². The third kappa shape index (κ3) is 5.21. The second-order valence-electron chi connectivity index (χ2n) is 5.69. The standard InChI is InChI=1S/C19H17FN4O3/c20-16-5-1-14(2-6-16)9-10-22-18(25)11-27-19(26)15-3-7-17(8-4-15)24-13-21-12-23-24/h1-8,12-13H,9-11H2,(H,22,25). The molecule has 0 fully saturated rings. The lowest BCUT2D eigenvalue weighted by molar-refractivity contribution is -0.124. The van der Waals surface area contributed by atoms with Gasteiger partial charge in [-0.1, -0.05) is 12.1 Å². The van der Waals surface area contributed by atoms with Crippen LogP contribution in [-0.4, -0.2) is 39.8 Å². The first-order chi connectivity index (χ1) is 13.1. The first kappa shape index (κ1) is 18.2. The van der Waals surface area contributed by atoms with E-state index in [2.05, 4.69) is 15.4 Å². The highest BCUT2D eigenvalue weighted by Crippen LogP contribution is 2.09. The van der Waals surface area contributed by atoms with Crippen LogP contribution in [0.2, 0.25) is 0 Å². The average molecular weight is 368 g/mol. The van der Waals surface area contributed by atoms with Gasteiger partial charge < -0.3 is 10.1 Å². The molecular formula is C19H17FN4O3. The van der Waals surface area contributed by atoms with Crippen LogP contribution in [0.5, 0.6) is 0 Å². The van der Waals surface area contributed by atoms with Crippen molar-refractivity contribution in [3.63, 3.8) is 0 Å². The zero-order valence-electron chi connectivity index (χ0n) is 14.3. The van der Waals surface area contributed by atoms with Gasteiger partial charge in [0.25, 0.3) is 5.91 Å². The molecule has 1 N–H and O–H groups in total. The van der Waals surface area contributed by atoms with Crippen molar-refractivity contribution in [3.8, 4) is 5.69 Å². The first-order valence-corrected chi connectivity index (χ1v) is 8.25. The normalized spacial score (nSPS) is 10.4. The van der Waals surface area contributed by atoms with Crippen LogP contribution < -0.4 is 5.32 Å². The average Bonchev–Trinajstić information content (AvgIpc) is 3.22. The van der Waals surface area contributed by atoms with Gasteiger partial charge in [-0.15, -0.1) is 0 Å². The largest absolute Gasteiger partial charge is 0.452 e. The molecule has 2 aromatic carbocycles. The van der Waals surface area contributed by atoms with Crippen molar-refractivity contribution in [1.82, 2.24) is 20.1 Å². The molecule has 0 saturated carbocycles. The molecule has 1 aromatic heterocycles. The maximum Gasteiger partial charge on any atom is 0.338 e. The monoisotopic (exact) mass is 368 g/mol. The Morgan fingerprint density at radius 1 is 1.07 bits per heavy atom. The van der Waals surface area contributed by atoms with Crippen molar-refractivity contribution in [3.05, 3.63) is 78.1 Å². The van der Waals surface area contributed by atoms with Crippen LogP contribution in [0, 0.1) is 5.82 Å². The third-order valence-electron chi connectivity index (χ3n) is 3.77. The Hall–Kier alpha value is -3.55. The lowest BCUT2D eigenvalue weighted by Crippen LogP contribution is -2.30. The predicted molar refractivity (Wildman–Crippen MR) is 94.8 cm³/mol.